The number of hydrogen-bond acceptors (Lipinski definition) is 5. The second-order valence-corrected chi connectivity index (χ2v) is 7.43. The van der Waals surface area contributed by atoms with E-state index in [-0.39, 0.29) is 5.97 Å². The van der Waals surface area contributed by atoms with E-state index in [4.69, 9.17) is 4.74 Å². The van der Waals surface area contributed by atoms with E-state index >= 15 is 0 Å². The zero-order valence-corrected chi connectivity index (χ0v) is 16.1. The number of esters is 1. The highest BCUT2D eigenvalue weighted by atomic mass is 16.5. The Kier molecular flexibility index (Phi) is 7.47. The summed E-state index contributed by atoms with van der Waals surface area (Å²) in [7, 11) is 0. The lowest BCUT2D eigenvalue weighted by molar-refractivity contribution is -0.143. The van der Waals surface area contributed by atoms with Crippen LogP contribution < -0.4 is 0 Å². The number of rotatable bonds is 7. The van der Waals surface area contributed by atoms with E-state index in [0.29, 0.717) is 19.1 Å². The van der Waals surface area contributed by atoms with Gasteiger partial charge >= 0.3 is 5.97 Å². The lowest BCUT2D eigenvalue weighted by Gasteiger charge is -2.42. The molecule has 0 aromatic heterocycles. The number of hydrogen-bond donors (Lipinski definition) is 0. The first-order valence-electron chi connectivity index (χ1n) is 10.1. The van der Waals surface area contributed by atoms with Crippen molar-refractivity contribution in [1.82, 2.24) is 14.7 Å². The smallest absolute Gasteiger partial charge is 0.307 e. The van der Waals surface area contributed by atoms with Gasteiger partial charge in [0.05, 0.1) is 13.0 Å². The van der Waals surface area contributed by atoms with Gasteiger partial charge in [0, 0.05) is 45.3 Å². The molecule has 2 saturated heterocycles. The maximum absolute atomic E-state index is 11.5. The Hall–Kier alpha value is -1.43. The highest BCUT2D eigenvalue weighted by Crippen LogP contribution is 2.19. The molecule has 0 atom stereocenters. The van der Waals surface area contributed by atoms with E-state index in [1.54, 1.807) is 0 Å². The summed E-state index contributed by atoms with van der Waals surface area (Å²) >= 11 is 0. The van der Waals surface area contributed by atoms with Crippen molar-refractivity contribution < 1.29 is 9.53 Å². The summed E-state index contributed by atoms with van der Waals surface area (Å²) in [5.41, 5.74) is 1.41. The van der Waals surface area contributed by atoms with E-state index in [0.717, 1.165) is 39.3 Å². The van der Waals surface area contributed by atoms with Gasteiger partial charge in [-0.3, -0.25) is 14.6 Å². The van der Waals surface area contributed by atoms with E-state index in [9.17, 15) is 4.79 Å². The molecular formula is C21H33N3O2. The maximum atomic E-state index is 11.5. The van der Waals surface area contributed by atoms with Crippen LogP contribution in [0.5, 0.6) is 0 Å². The third kappa shape index (κ3) is 5.79. The first kappa shape index (κ1) is 19.3. The van der Waals surface area contributed by atoms with Crippen molar-refractivity contribution in [3.05, 3.63) is 35.9 Å². The number of piperidine rings is 1. The van der Waals surface area contributed by atoms with Gasteiger partial charge in [0.15, 0.2) is 0 Å². The zero-order valence-electron chi connectivity index (χ0n) is 16.1. The molecule has 0 amide bonds. The average molecular weight is 360 g/mol. The third-order valence-electron chi connectivity index (χ3n) is 5.67. The molecule has 0 N–H and O–H groups in total. The Balaban J connectivity index is 1.34. The fourth-order valence-electron chi connectivity index (χ4n) is 4.12. The average Bonchev–Trinajstić information content (AvgIpc) is 2.69. The summed E-state index contributed by atoms with van der Waals surface area (Å²) in [6.07, 6.45) is 2.97. The molecule has 1 aromatic carbocycles. The molecule has 2 aliphatic rings. The number of ether oxygens (including phenoxy) is 1. The predicted octanol–water partition coefficient (Wildman–Crippen LogP) is 2.22. The Morgan fingerprint density at radius 1 is 1.00 bits per heavy atom. The van der Waals surface area contributed by atoms with Gasteiger partial charge < -0.3 is 9.64 Å². The molecule has 0 aliphatic carbocycles. The first-order chi connectivity index (χ1) is 12.7. The molecule has 26 heavy (non-hydrogen) atoms. The lowest BCUT2D eigenvalue weighted by Crippen LogP contribution is -2.53. The van der Waals surface area contributed by atoms with E-state index in [1.807, 2.05) is 6.92 Å². The minimum Gasteiger partial charge on any atom is -0.466 e. The summed E-state index contributed by atoms with van der Waals surface area (Å²) in [5, 5.41) is 0. The molecule has 2 fully saturated rings. The number of likely N-dealkylation sites (tertiary alicyclic amines) is 1. The summed E-state index contributed by atoms with van der Waals surface area (Å²) < 4.78 is 5.02. The molecule has 0 saturated carbocycles. The second kappa shape index (κ2) is 10.0. The van der Waals surface area contributed by atoms with E-state index in [1.165, 1.54) is 31.5 Å². The summed E-state index contributed by atoms with van der Waals surface area (Å²) in [5.74, 6) is -0.0656. The van der Waals surface area contributed by atoms with Gasteiger partial charge in [-0.1, -0.05) is 30.3 Å². The molecule has 0 radical (unpaired) electrons. The van der Waals surface area contributed by atoms with E-state index in [2.05, 4.69) is 45.0 Å². The molecular weight excluding hydrogens is 326 g/mol. The van der Waals surface area contributed by atoms with Crippen LogP contribution in [0.1, 0.15) is 31.7 Å². The van der Waals surface area contributed by atoms with Gasteiger partial charge in [-0.05, 0) is 38.4 Å². The minimum atomic E-state index is -0.0656. The van der Waals surface area contributed by atoms with E-state index < -0.39 is 0 Å². The van der Waals surface area contributed by atoms with Gasteiger partial charge in [0.2, 0.25) is 0 Å². The second-order valence-electron chi connectivity index (χ2n) is 7.43. The summed E-state index contributed by atoms with van der Waals surface area (Å²) in [4.78, 5) is 19.2. The first-order valence-corrected chi connectivity index (χ1v) is 10.1. The van der Waals surface area contributed by atoms with Crippen molar-refractivity contribution in [2.75, 3.05) is 52.4 Å². The highest BCUT2D eigenvalue weighted by molar-refractivity contribution is 5.69. The molecule has 144 valence electrons. The molecule has 0 spiro atoms. The monoisotopic (exact) mass is 359 g/mol. The van der Waals surface area contributed by atoms with Crippen molar-refractivity contribution in [1.29, 1.82) is 0 Å². The van der Waals surface area contributed by atoms with Crippen LogP contribution in [0.2, 0.25) is 0 Å². The quantitative estimate of drug-likeness (QED) is 0.698. The van der Waals surface area contributed by atoms with Crippen molar-refractivity contribution in [2.45, 2.75) is 38.8 Å². The number of piperazine rings is 1. The Morgan fingerprint density at radius 3 is 2.35 bits per heavy atom. The number of benzene rings is 1. The molecule has 0 unspecified atom stereocenters. The van der Waals surface area contributed by atoms with Gasteiger partial charge in [-0.15, -0.1) is 0 Å². The summed E-state index contributed by atoms with van der Waals surface area (Å²) in [6.45, 7) is 11.2. The number of nitrogens with zero attached hydrogens (tertiary/aromatic N) is 3. The van der Waals surface area contributed by atoms with Crippen molar-refractivity contribution >= 4 is 5.97 Å². The van der Waals surface area contributed by atoms with Crippen LogP contribution >= 0.6 is 0 Å². The number of carbonyl (C=O) groups is 1. The molecule has 2 heterocycles. The Bertz CT molecular complexity index is 535. The minimum absolute atomic E-state index is 0.0656. The number of carbonyl (C=O) groups excluding carboxylic acids is 1. The van der Waals surface area contributed by atoms with Crippen molar-refractivity contribution in [2.24, 2.45) is 0 Å². The van der Waals surface area contributed by atoms with Gasteiger partial charge in [-0.25, -0.2) is 0 Å². The van der Waals surface area contributed by atoms with Crippen molar-refractivity contribution in [3.8, 4) is 0 Å². The zero-order chi connectivity index (χ0) is 18.2. The molecule has 1 aromatic rings. The van der Waals surface area contributed by atoms with Crippen LogP contribution in [-0.2, 0) is 16.1 Å². The lowest BCUT2D eigenvalue weighted by atomic mass is 10.0. The van der Waals surface area contributed by atoms with Crippen LogP contribution in [-0.4, -0.2) is 79.1 Å². The molecule has 2 aliphatic heterocycles. The van der Waals surface area contributed by atoms with Gasteiger partial charge in [-0.2, -0.15) is 0 Å². The molecule has 3 rings (SSSR count). The molecule has 5 heteroatoms. The van der Waals surface area contributed by atoms with Crippen LogP contribution in [0.25, 0.3) is 0 Å². The van der Waals surface area contributed by atoms with Crippen LogP contribution in [0.15, 0.2) is 30.3 Å². The fourth-order valence-corrected chi connectivity index (χ4v) is 4.12. The predicted molar refractivity (Wildman–Crippen MR) is 104 cm³/mol. The topological polar surface area (TPSA) is 36.0 Å². The van der Waals surface area contributed by atoms with Crippen LogP contribution in [0, 0.1) is 0 Å². The third-order valence-corrected chi connectivity index (χ3v) is 5.67. The maximum Gasteiger partial charge on any atom is 0.307 e. The largest absolute Gasteiger partial charge is 0.466 e. The normalized spacial score (nSPS) is 21.0. The highest BCUT2D eigenvalue weighted by Gasteiger charge is 2.27. The van der Waals surface area contributed by atoms with Gasteiger partial charge in [0.1, 0.15) is 0 Å². The molecule has 5 nitrogen and oxygen atoms in total. The Morgan fingerprint density at radius 2 is 1.69 bits per heavy atom. The molecule has 0 bridgehead atoms. The SMILES string of the molecule is CCOC(=O)CCN1CCC(N2CCN(Cc3ccccc3)CC2)CC1. The van der Waals surface area contributed by atoms with Crippen LogP contribution in [0.4, 0.5) is 0 Å². The standard InChI is InChI=1S/C21H33N3O2/c1-2-26-21(25)10-13-22-11-8-20(9-12-22)24-16-14-23(15-17-24)18-19-6-4-3-5-7-19/h3-7,20H,2,8-18H2,1H3. The summed E-state index contributed by atoms with van der Waals surface area (Å²) in [6, 6.07) is 11.5. The fraction of sp³-hybridized carbons (Fsp3) is 0.667. The van der Waals surface area contributed by atoms with Crippen molar-refractivity contribution in [3.63, 3.8) is 0 Å². The Labute approximate surface area is 157 Å². The van der Waals surface area contributed by atoms with Gasteiger partial charge in [0.25, 0.3) is 0 Å². The van der Waals surface area contributed by atoms with Crippen LogP contribution in [0.3, 0.4) is 0 Å².